The Balaban J connectivity index is 2.68. The van der Waals surface area contributed by atoms with Gasteiger partial charge >= 0.3 is 0 Å². The predicted octanol–water partition coefficient (Wildman–Crippen LogP) is 2.81. The lowest BCUT2D eigenvalue weighted by molar-refractivity contribution is 0.108. The van der Waals surface area contributed by atoms with E-state index in [2.05, 4.69) is 0 Å². The van der Waals surface area contributed by atoms with Crippen LogP contribution in [0.3, 0.4) is 0 Å². The van der Waals surface area contributed by atoms with E-state index < -0.39 is 5.24 Å². The third-order valence-corrected chi connectivity index (χ3v) is 1.92. The molecule has 2 nitrogen and oxygen atoms in total. The zero-order valence-electron chi connectivity index (χ0n) is 6.08. The standard InChI is InChI=1S/C9H5ClO2/c10-9(11)6-1-2-7-4-12-5-8(7)3-6/h1-5H. The van der Waals surface area contributed by atoms with E-state index in [0.29, 0.717) is 5.56 Å². The molecule has 0 amide bonds. The van der Waals surface area contributed by atoms with Crippen molar-refractivity contribution in [2.24, 2.45) is 0 Å². The van der Waals surface area contributed by atoms with Crippen molar-refractivity contribution in [3.8, 4) is 0 Å². The quantitative estimate of drug-likeness (QED) is 0.632. The average Bonchev–Trinajstić information content (AvgIpc) is 2.49. The predicted molar refractivity (Wildman–Crippen MR) is 46.4 cm³/mol. The first kappa shape index (κ1) is 7.37. The molecule has 2 aromatic rings. The summed E-state index contributed by atoms with van der Waals surface area (Å²) in [7, 11) is 0. The molecule has 12 heavy (non-hydrogen) atoms. The zero-order valence-corrected chi connectivity index (χ0v) is 6.84. The Morgan fingerprint density at radius 1 is 1.25 bits per heavy atom. The molecule has 0 aliphatic rings. The number of benzene rings is 1. The second-order valence-corrected chi connectivity index (χ2v) is 2.83. The summed E-state index contributed by atoms with van der Waals surface area (Å²) >= 11 is 5.30. The molecule has 2 rings (SSSR count). The van der Waals surface area contributed by atoms with Gasteiger partial charge in [0.05, 0.1) is 12.5 Å². The Kier molecular flexibility index (Phi) is 1.62. The highest BCUT2D eigenvalue weighted by Gasteiger charge is 2.02. The fourth-order valence-electron chi connectivity index (χ4n) is 1.09. The Bertz CT molecular complexity index is 431. The van der Waals surface area contributed by atoms with Crippen LogP contribution in [0.25, 0.3) is 10.8 Å². The van der Waals surface area contributed by atoms with Crippen LogP contribution in [0, 0.1) is 0 Å². The molecule has 0 fully saturated rings. The van der Waals surface area contributed by atoms with E-state index in [4.69, 9.17) is 16.0 Å². The number of halogens is 1. The van der Waals surface area contributed by atoms with Gasteiger partial charge in [-0.15, -0.1) is 0 Å². The number of hydrogen-bond donors (Lipinski definition) is 0. The molecule has 0 bridgehead atoms. The monoisotopic (exact) mass is 180 g/mol. The molecule has 1 heterocycles. The normalized spacial score (nSPS) is 10.4. The largest absolute Gasteiger partial charge is 0.471 e. The van der Waals surface area contributed by atoms with Crippen molar-refractivity contribution in [2.75, 3.05) is 0 Å². The van der Waals surface area contributed by atoms with E-state index in [-0.39, 0.29) is 0 Å². The molecule has 0 unspecified atom stereocenters. The van der Waals surface area contributed by atoms with Gasteiger partial charge in [-0.1, -0.05) is 6.07 Å². The van der Waals surface area contributed by atoms with Crippen molar-refractivity contribution in [3.63, 3.8) is 0 Å². The molecule has 1 aromatic carbocycles. The first-order valence-electron chi connectivity index (χ1n) is 3.43. The molecule has 0 atom stereocenters. The first-order chi connectivity index (χ1) is 5.77. The number of fused-ring (bicyclic) bond motifs is 1. The zero-order chi connectivity index (χ0) is 8.55. The lowest BCUT2D eigenvalue weighted by atomic mass is 10.1. The van der Waals surface area contributed by atoms with Crippen LogP contribution in [0.4, 0.5) is 0 Å². The average molecular weight is 181 g/mol. The molecule has 0 N–H and O–H groups in total. The van der Waals surface area contributed by atoms with Gasteiger partial charge in [0.25, 0.3) is 5.24 Å². The Morgan fingerprint density at radius 2 is 2.00 bits per heavy atom. The molecule has 0 saturated carbocycles. The summed E-state index contributed by atoms with van der Waals surface area (Å²) in [5, 5.41) is 1.41. The van der Waals surface area contributed by atoms with Gasteiger partial charge in [-0.05, 0) is 23.7 Å². The van der Waals surface area contributed by atoms with Gasteiger partial charge in [0.2, 0.25) is 0 Å². The number of rotatable bonds is 1. The fraction of sp³-hybridized carbons (Fsp3) is 0. The van der Waals surface area contributed by atoms with Gasteiger partial charge in [0.15, 0.2) is 0 Å². The lowest BCUT2D eigenvalue weighted by Gasteiger charge is -1.91. The Morgan fingerprint density at radius 3 is 2.75 bits per heavy atom. The molecule has 0 aliphatic heterocycles. The third-order valence-electron chi connectivity index (χ3n) is 1.70. The maximum Gasteiger partial charge on any atom is 0.252 e. The summed E-state index contributed by atoms with van der Waals surface area (Å²) in [6.45, 7) is 0. The van der Waals surface area contributed by atoms with Crippen molar-refractivity contribution in [1.82, 2.24) is 0 Å². The van der Waals surface area contributed by atoms with Crippen LogP contribution in [0.5, 0.6) is 0 Å². The Hall–Kier alpha value is -1.28. The molecule has 60 valence electrons. The van der Waals surface area contributed by atoms with Gasteiger partial charge in [0, 0.05) is 16.3 Å². The van der Waals surface area contributed by atoms with Crippen LogP contribution in [-0.4, -0.2) is 5.24 Å². The molecule has 0 saturated heterocycles. The number of furan rings is 1. The number of hydrogen-bond acceptors (Lipinski definition) is 2. The Labute approximate surface area is 73.7 Å². The van der Waals surface area contributed by atoms with Gasteiger partial charge < -0.3 is 4.42 Å². The molecule has 1 aromatic heterocycles. The van der Waals surface area contributed by atoms with E-state index in [0.717, 1.165) is 10.8 Å². The number of carbonyl (C=O) groups is 1. The van der Waals surface area contributed by atoms with Gasteiger partial charge in [-0.25, -0.2) is 0 Å². The lowest BCUT2D eigenvalue weighted by Crippen LogP contribution is -1.86. The summed E-state index contributed by atoms with van der Waals surface area (Å²) in [5.74, 6) is 0. The van der Waals surface area contributed by atoms with Crippen LogP contribution in [0.2, 0.25) is 0 Å². The van der Waals surface area contributed by atoms with Gasteiger partial charge in [0.1, 0.15) is 0 Å². The van der Waals surface area contributed by atoms with Crippen LogP contribution >= 0.6 is 11.6 Å². The van der Waals surface area contributed by atoms with E-state index >= 15 is 0 Å². The summed E-state index contributed by atoms with van der Waals surface area (Å²) in [5.41, 5.74) is 0.491. The van der Waals surface area contributed by atoms with Crippen LogP contribution in [0.15, 0.2) is 35.1 Å². The van der Waals surface area contributed by atoms with Gasteiger partial charge in [-0.2, -0.15) is 0 Å². The molecule has 0 radical (unpaired) electrons. The van der Waals surface area contributed by atoms with E-state index in [9.17, 15) is 4.79 Å². The van der Waals surface area contributed by atoms with E-state index in [1.807, 2.05) is 0 Å². The molecular formula is C9H5ClO2. The molecule has 0 spiro atoms. The highest BCUT2D eigenvalue weighted by atomic mass is 35.5. The SMILES string of the molecule is O=C(Cl)c1ccc2cocc2c1. The van der Waals surface area contributed by atoms with Gasteiger partial charge in [-0.3, -0.25) is 4.79 Å². The highest BCUT2D eigenvalue weighted by molar-refractivity contribution is 6.67. The van der Waals surface area contributed by atoms with Crippen LogP contribution in [-0.2, 0) is 0 Å². The van der Waals surface area contributed by atoms with Crippen LogP contribution in [0.1, 0.15) is 10.4 Å². The maximum absolute atomic E-state index is 10.7. The van der Waals surface area contributed by atoms with Crippen LogP contribution < -0.4 is 0 Å². The minimum absolute atomic E-state index is 0.446. The minimum Gasteiger partial charge on any atom is -0.471 e. The van der Waals surface area contributed by atoms with E-state index in [1.165, 1.54) is 0 Å². The molecule has 3 heteroatoms. The topological polar surface area (TPSA) is 30.2 Å². The van der Waals surface area contributed by atoms with Crippen molar-refractivity contribution >= 4 is 27.6 Å². The summed E-state index contributed by atoms with van der Waals surface area (Å²) < 4.78 is 4.95. The summed E-state index contributed by atoms with van der Waals surface area (Å²) in [6.07, 6.45) is 3.20. The summed E-state index contributed by atoms with van der Waals surface area (Å²) in [4.78, 5) is 10.7. The van der Waals surface area contributed by atoms with Crippen molar-refractivity contribution < 1.29 is 9.21 Å². The third kappa shape index (κ3) is 1.10. The maximum atomic E-state index is 10.7. The fourth-order valence-corrected chi connectivity index (χ4v) is 1.20. The second kappa shape index (κ2) is 2.64. The smallest absolute Gasteiger partial charge is 0.252 e. The summed E-state index contributed by atoms with van der Waals surface area (Å²) in [6, 6.07) is 5.18. The highest BCUT2D eigenvalue weighted by Crippen LogP contribution is 2.17. The van der Waals surface area contributed by atoms with Crippen molar-refractivity contribution in [1.29, 1.82) is 0 Å². The molecule has 0 aliphatic carbocycles. The minimum atomic E-state index is -0.446. The first-order valence-corrected chi connectivity index (χ1v) is 3.81. The second-order valence-electron chi connectivity index (χ2n) is 2.49. The van der Waals surface area contributed by atoms with E-state index in [1.54, 1.807) is 30.7 Å². The van der Waals surface area contributed by atoms with Crippen molar-refractivity contribution in [2.45, 2.75) is 0 Å². The molecular weight excluding hydrogens is 176 g/mol. The van der Waals surface area contributed by atoms with Crippen molar-refractivity contribution in [3.05, 3.63) is 36.3 Å². The number of carbonyl (C=O) groups excluding carboxylic acids is 1.